The molecule has 1 aliphatic rings. The first-order valence-corrected chi connectivity index (χ1v) is 16.4. The molecule has 0 saturated carbocycles. The second-order valence-electron chi connectivity index (χ2n) is 12.4. The van der Waals surface area contributed by atoms with Crippen LogP contribution in [0.5, 0.6) is 0 Å². The number of fused-ring (bicyclic) bond motifs is 6. The fraction of sp³-hybridized carbons (Fsp3) is 0.0714. The normalized spacial score (nSPS) is 13.2. The second kappa shape index (κ2) is 10.3. The molecule has 0 spiro atoms. The Morgan fingerprint density at radius 2 is 1.22 bits per heavy atom. The maximum Gasteiger partial charge on any atom is 0.160 e. The minimum absolute atomic E-state index is 0.253. The minimum Gasteiger partial charge on any atom is -0.256 e. The molecule has 0 fully saturated rings. The van der Waals surface area contributed by atoms with E-state index in [-0.39, 0.29) is 5.41 Å². The van der Waals surface area contributed by atoms with Crippen molar-refractivity contribution in [2.75, 3.05) is 0 Å². The number of thiophene rings is 1. The Morgan fingerprint density at radius 1 is 0.543 bits per heavy atom. The van der Waals surface area contributed by atoms with Crippen LogP contribution in [0.4, 0.5) is 0 Å². The number of hydrogen-bond acceptors (Lipinski definition) is 4. The lowest BCUT2D eigenvalue weighted by molar-refractivity contribution is 0.658. The van der Waals surface area contributed by atoms with Gasteiger partial charge in [0.1, 0.15) is 0 Å². The van der Waals surface area contributed by atoms with Crippen molar-refractivity contribution in [1.29, 1.82) is 0 Å². The first-order valence-electron chi connectivity index (χ1n) is 15.6. The number of nitrogens with zero attached hydrogens (tertiary/aromatic N) is 3. The number of benzene rings is 5. The first-order chi connectivity index (χ1) is 22.6. The fourth-order valence-electron chi connectivity index (χ4n) is 7.11. The van der Waals surface area contributed by atoms with Crippen LogP contribution in [-0.2, 0) is 5.41 Å². The molecule has 1 aliphatic carbocycles. The second-order valence-corrected chi connectivity index (χ2v) is 13.5. The van der Waals surface area contributed by atoms with Gasteiger partial charge in [-0.15, -0.1) is 11.3 Å². The van der Waals surface area contributed by atoms with E-state index in [4.69, 9.17) is 9.97 Å². The third kappa shape index (κ3) is 4.14. The van der Waals surface area contributed by atoms with Gasteiger partial charge in [0.15, 0.2) is 5.82 Å². The zero-order valence-corrected chi connectivity index (χ0v) is 26.3. The Hall–Kier alpha value is -5.45. The van der Waals surface area contributed by atoms with Crippen molar-refractivity contribution < 1.29 is 0 Å². The molecule has 0 bridgehead atoms. The van der Waals surface area contributed by atoms with E-state index >= 15 is 0 Å². The van der Waals surface area contributed by atoms with Crippen LogP contribution in [0.25, 0.3) is 76.5 Å². The van der Waals surface area contributed by atoms with Crippen LogP contribution in [0.2, 0.25) is 0 Å². The highest BCUT2D eigenvalue weighted by molar-refractivity contribution is 7.26. The van der Waals surface area contributed by atoms with Gasteiger partial charge in [0.05, 0.1) is 17.1 Å². The molecule has 0 radical (unpaired) electrons. The lowest BCUT2D eigenvalue weighted by Gasteiger charge is -2.24. The summed E-state index contributed by atoms with van der Waals surface area (Å²) >= 11 is 1.86. The molecule has 9 rings (SSSR count). The van der Waals surface area contributed by atoms with Gasteiger partial charge in [-0.1, -0.05) is 117 Å². The molecular weight excluding hydrogens is 579 g/mol. The van der Waals surface area contributed by atoms with Crippen molar-refractivity contribution in [3.8, 4) is 56.3 Å². The summed E-state index contributed by atoms with van der Waals surface area (Å²) in [5.74, 6) is 0.719. The molecular formula is C42H29N3S. The average Bonchev–Trinajstić information content (AvgIpc) is 3.61. The molecule has 3 nitrogen and oxygen atoms in total. The van der Waals surface area contributed by atoms with Gasteiger partial charge in [-0.2, -0.15) is 0 Å². The van der Waals surface area contributed by atoms with Crippen molar-refractivity contribution in [3.05, 3.63) is 151 Å². The highest BCUT2D eigenvalue weighted by Crippen LogP contribution is 2.51. The Bertz CT molecular complexity index is 2460. The smallest absolute Gasteiger partial charge is 0.160 e. The van der Waals surface area contributed by atoms with Gasteiger partial charge in [0, 0.05) is 59.6 Å². The number of hydrogen-bond donors (Lipinski definition) is 0. The predicted octanol–water partition coefficient (Wildman–Crippen LogP) is 11.2. The molecule has 0 N–H and O–H groups in total. The third-order valence-corrected chi connectivity index (χ3v) is 10.5. The Balaban J connectivity index is 1.27. The molecule has 218 valence electrons. The van der Waals surface area contributed by atoms with Gasteiger partial charge in [-0.3, -0.25) is 4.98 Å². The molecule has 0 amide bonds. The number of rotatable bonds is 4. The van der Waals surface area contributed by atoms with Crippen LogP contribution < -0.4 is 0 Å². The SMILES string of the molecule is CC1(C)c2ccccc2-c2nc(-c3cccc(-c4ccccn4)c3)nc(-c3cccc(-c4cccc5c4sc4ccccc45)c3)c21. The van der Waals surface area contributed by atoms with Gasteiger partial charge in [0.2, 0.25) is 0 Å². The molecule has 46 heavy (non-hydrogen) atoms. The third-order valence-electron chi connectivity index (χ3n) is 9.32. The largest absolute Gasteiger partial charge is 0.256 e. The number of pyridine rings is 1. The Morgan fingerprint density at radius 3 is 2.11 bits per heavy atom. The highest BCUT2D eigenvalue weighted by atomic mass is 32.1. The van der Waals surface area contributed by atoms with Crippen LogP contribution in [-0.4, -0.2) is 15.0 Å². The van der Waals surface area contributed by atoms with Gasteiger partial charge < -0.3 is 0 Å². The molecule has 8 aromatic rings. The fourth-order valence-corrected chi connectivity index (χ4v) is 8.35. The summed E-state index contributed by atoms with van der Waals surface area (Å²) in [5, 5.41) is 2.62. The zero-order valence-electron chi connectivity index (χ0n) is 25.5. The highest BCUT2D eigenvalue weighted by Gasteiger charge is 2.40. The van der Waals surface area contributed by atoms with E-state index < -0.39 is 0 Å². The molecule has 0 saturated heterocycles. The van der Waals surface area contributed by atoms with Crippen molar-refractivity contribution in [1.82, 2.24) is 15.0 Å². The molecule has 3 heterocycles. The van der Waals surface area contributed by atoms with Crippen LogP contribution in [0.3, 0.4) is 0 Å². The summed E-state index contributed by atoms with van der Waals surface area (Å²) in [6.07, 6.45) is 1.83. The van der Waals surface area contributed by atoms with Crippen molar-refractivity contribution in [3.63, 3.8) is 0 Å². The Kier molecular flexibility index (Phi) is 6.02. The lowest BCUT2D eigenvalue weighted by atomic mass is 9.80. The van der Waals surface area contributed by atoms with Crippen molar-refractivity contribution >= 4 is 31.5 Å². The maximum atomic E-state index is 5.40. The standard InChI is InChI=1S/C42H29N3S/c1-42(2)34-20-5-3-17-33(34)39-37(42)38(44-41(45-39)29-15-10-13-27(25-29)35-21-7-8-23-43-35)28-14-9-12-26(24-28)30-18-11-19-32-31-16-4-6-22-36(31)46-40(30)32/h3-25H,1-2H3. The summed E-state index contributed by atoms with van der Waals surface area (Å²) in [6, 6.07) is 47.3. The van der Waals surface area contributed by atoms with E-state index in [2.05, 4.69) is 134 Å². The molecule has 4 heteroatoms. The molecule has 5 aromatic carbocycles. The molecule has 0 atom stereocenters. The topological polar surface area (TPSA) is 38.7 Å². The van der Waals surface area contributed by atoms with Crippen LogP contribution >= 0.6 is 11.3 Å². The van der Waals surface area contributed by atoms with Gasteiger partial charge in [-0.05, 0) is 47.0 Å². The lowest BCUT2D eigenvalue weighted by Crippen LogP contribution is -2.17. The minimum atomic E-state index is -0.253. The number of aromatic nitrogens is 3. The summed E-state index contributed by atoms with van der Waals surface area (Å²) < 4.78 is 2.63. The van der Waals surface area contributed by atoms with Crippen LogP contribution in [0.15, 0.2) is 140 Å². The summed E-state index contributed by atoms with van der Waals surface area (Å²) in [7, 11) is 0. The molecule has 0 unspecified atom stereocenters. The van der Waals surface area contributed by atoms with E-state index in [9.17, 15) is 0 Å². The first kappa shape index (κ1) is 26.9. The van der Waals surface area contributed by atoms with E-state index in [1.165, 1.54) is 48.0 Å². The van der Waals surface area contributed by atoms with E-state index in [1.54, 1.807) is 0 Å². The van der Waals surface area contributed by atoms with E-state index in [0.717, 1.165) is 39.6 Å². The summed E-state index contributed by atoms with van der Waals surface area (Å²) in [4.78, 5) is 15.3. The predicted molar refractivity (Wildman–Crippen MR) is 192 cm³/mol. The molecule has 3 aromatic heterocycles. The van der Waals surface area contributed by atoms with Gasteiger partial charge >= 0.3 is 0 Å². The quantitative estimate of drug-likeness (QED) is 0.200. The van der Waals surface area contributed by atoms with Crippen LogP contribution in [0, 0.1) is 0 Å². The van der Waals surface area contributed by atoms with Crippen molar-refractivity contribution in [2.45, 2.75) is 19.3 Å². The summed E-state index contributed by atoms with van der Waals surface area (Å²) in [5.41, 5.74) is 11.9. The average molecular weight is 608 g/mol. The zero-order chi connectivity index (χ0) is 30.8. The van der Waals surface area contributed by atoms with Gasteiger partial charge in [-0.25, -0.2) is 9.97 Å². The monoisotopic (exact) mass is 607 g/mol. The van der Waals surface area contributed by atoms with Gasteiger partial charge in [0.25, 0.3) is 0 Å². The molecule has 0 aliphatic heterocycles. The summed E-state index contributed by atoms with van der Waals surface area (Å²) in [6.45, 7) is 4.60. The van der Waals surface area contributed by atoms with Crippen LogP contribution in [0.1, 0.15) is 25.0 Å². The maximum absolute atomic E-state index is 5.40. The van der Waals surface area contributed by atoms with E-state index in [1.807, 2.05) is 35.7 Å². The van der Waals surface area contributed by atoms with Crippen molar-refractivity contribution in [2.24, 2.45) is 0 Å². The van der Waals surface area contributed by atoms with E-state index in [0.29, 0.717) is 0 Å². The Labute approximate surface area is 271 Å².